The van der Waals surface area contributed by atoms with E-state index in [0.717, 1.165) is 12.8 Å². The van der Waals surface area contributed by atoms with Crippen molar-refractivity contribution >= 4 is 11.9 Å². The Balaban J connectivity index is 1.79. The summed E-state index contributed by atoms with van der Waals surface area (Å²) in [6, 6.07) is 5.68. The molecule has 1 amide bonds. The molecule has 1 aromatic rings. The predicted molar refractivity (Wildman–Crippen MR) is 73.5 cm³/mol. The van der Waals surface area contributed by atoms with Crippen LogP contribution in [0.15, 0.2) is 24.3 Å². The van der Waals surface area contributed by atoms with Crippen molar-refractivity contribution in [3.63, 3.8) is 0 Å². The third-order valence-corrected chi connectivity index (χ3v) is 3.24. The topological polar surface area (TPSA) is 66.8 Å². The SMILES string of the molecule is O=C(O)CN(CC1CC1)C(=O)CCOc1cccc(F)c1. The van der Waals surface area contributed by atoms with Gasteiger partial charge in [0.05, 0.1) is 13.0 Å². The summed E-state index contributed by atoms with van der Waals surface area (Å²) >= 11 is 0. The van der Waals surface area contributed by atoms with E-state index in [2.05, 4.69) is 0 Å². The van der Waals surface area contributed by atoms with Crippen LogP contribution < -0.4 is 4.74 Å². The van der Waals surface area contributed by atoms with Gasteiger partial charge < -0.3 is 14.7 Å². The molecule has 0 unspecified atom stereocenters. The van der Waals surface area contributed by atoms with E-state index in [1.807, 2.05) is 0 Å². The van der Waals surface area contributed by atoms with Crippen LogP contribution in [0.3, 0.4) is 0 Å². The molecule has 5 nitrogen and oxygen atoms in total. The predicted octanol–water partition coefficient (Wildman–Crippen LogP) is 1.92. The maximum absolute atomic E-state index is 13.0. The molecule has 0 aromatic heterocycles. The molecule has 0 radical (unpaired) electrons. The number of nitrogens with zero attached hydrogens (tertiary/aromatic N) is 1. The molecule has 0 aliphatic heterocycles. The van der Waals surface area contributed by atoms with Gasteiger partial charge >= 0.3 is 5.97 Å². The smallest absolute Gasteiger partial charge is 0.323 e. The number of aliphatic carboxylic acids is 1. The summed E-state index contributed by atoms with van der Waals surface area (Å²) in [5.41, 5.74) is 0. The number of carbonyl (C=O) groups is 2. The summed E-state index contributed by atoms with van der Waals surface area (Å²) in [5.74, 6) is -0.886. The summed E-state index contributed by atoms with van der Waals surface area (Å²) in [6.45, 7) is 0.309. The Hall–Kier alpha value is -2.11. The van der Waals surface area contributed by atoms with Crippen LogP contribution in [0.2, 0.25) is 0 Å². The molecule has 0 spiro atoms. The Morgan fingerprint density at radius 1 is 1.38 bits per heavy atom. The Bertz CT molecular complexity index is 516. The second kappa shape index (κ2) is 7.06. The van der Waals surface area contributed by atoms with E-state index < -0.39 is 11.8 Å². The highest BCUT2D eigenvalue weighted by atomic mass is 19.1. The number of hydrogen-bond donors (Lipinski definition) is 1. The molecule has 1 aliphatic carbocycles. The lowest BCUT2D eigenvalue weighted by Gasteiger charge is -2.20. The van der Waals surface area contributed by atoms with Gasteiger partial charge in [-0.05, 0) is 30.9 Å². The number of carbonyl (C=O) groups excluding carboxylic acids is 1. The van der Waals surface area contributed by atoms with Gasteiger partial charge in [-0.15, -0.1) is 0 Å². The maximum atomic E-state index is 13.0. The normalized spacial score (nSPS) is 13.8. The average molecular weight is 295 g/mol. The van der Waals surface area contributed by atoms with E-state index in [1.165, 1.54) is 23.1 Å². The van der Waals surface area contributed by atoms with E-state index in [4.69, 9.17) is 9.84 Å². The fraction of sp³-hybridized carbons (Fsp3) is 0.467. The Morgan fingerprint density at radius 3 is 2.76 bits per heavy atom. The van der Waals surface area contributed by atoms with Gasteiger partial charge in [0.2, 0.25) is 5.91 Å². The third-order valence-electron chi connectivity index (χ3n) is 3.24. The molecule has 0 bridgehead atoms. The minimum absolute atomic E-state index is 0.0799. The lowest BCUT2D eigenvalue weighted by Crippen LogP contribution is -2.37. The van der Waals surface area contributed by atoms with Crippen molar-refractivity contribution < 1.29 is 23.8 Å². The summed E-state index contributed by atoms with van der Waals surface area (Å²) < 4.78 is 18.3. The standard InChI is InChI=1S/C15H18FNO4/c16-12-2-1-3-13(8-12)21-7-6-14(18)17(10-15(19)20)9-11-4-5-11/h1-3,8,11H,4-7,9-10H2,(H,19,20). The molecule has 114 valence electrons. The molecule has 1 aromatic carbocycles. The Morgan fingerprint density at radius 2 is 2.14 bits per heavy atom. The van der Waals surface area contributed by atoms with Gasteiger partial charge in [-0.2, -0.15) is 0 Å². The van der Waals surface area contributed by atoms with Crippen molar-refractivity contribution in [2.24, 2.45) is 5.92 Å². The van der Waals surface area contributed by atoms with E-state index in [0.29, 0.717) is 18.2 Å². The molecule has 1 aliphatic rings. The van der Waals surface area contributed by atoms with Crippen molar-refractivity contribution in [3.8, 4) is 5.75 Å². The van der Waals surface area contributed by atoms with Crippen LogP contribution in [0.4, 0.5) is 4.39 Å². The number of ether oxygens (including phenoxy) is 1. The van der Waals surface area contributed by atoms with Gasteiger partial charge in [-0.25, -0.2) is 4.39 Å². The van der Waals surface area contributed by atoms with Gasteiger partial charge in [-0.3, -0.25) is 9.59 Å². The molecular weight excluding hydrogens is 277 g/mol. The molecular formula is C15H18FNO4. The molecule has 2 rings (SSSR count). The van der Waals surface area contributed by atoms with Crippen LogP contribution in [0, 0.1) is 11.7 Å². The zero-order valence-corrected chi connectivity index (χ0v) is 11.6. The van der Waals surface area contributed by atoms with E-state index in [-0.39, 0.29) is 25.5 Å². The van der Waals surface area contributed by atoms with E-state index >= 15 is 0 Å². The zero-order valence-electron chi connectivity index (χ0n) is 11.6. The molecule has 1 N–H and O–H groups in total. The monoisotopic (exact) mass is 295 g/mol. The largest absolute Gasteiger partial charge is 0.493 e. The van der Waals surface area contributed by atoms with Crippen molar-refractivity contribution in [3.05, 3.63) is 30.1 Å². The van der Waals surface area contributed by atoms with E-state index in [9.17, 15) is 14.0 Å². The van der Waals surface area contributed by atoms with Crippen LogP contribution >= 0.6 is 0 Å². The Labute approximate surface area is 122 Å². The van der Waals surface area contributed by atoms with Gasteiger partial charge in [0.1, 0.15) is 18.1 Å². The quantitative estimate of drug-likeness (QED) is 0.795. The number of carboxylic acid groups (broad SMARTS) is 1. The first kappa shape index (κ1) is 15.3. The van der Waals surface area contributed by atoms with Crippen molar-refractivity contribution in [2.75, 3.05) is 19.7 Å². The summed E-state index contributed by atoms with van der Waals surface area (Å²) in [6.07, 6.45) is 2.17. The minimum Gasteiger partial charge on any atom is -0.493 e. The number of hydrogen-bond acceptors (Lipinski definition) is 3. The van der Waals surface area contributed by atoms with Gasteiger partial charge in [0, 0.05) is 12.6 Å². The number of benzene rings is 1. The molecule has 0 saturated heterocycles. The lowest BCUT2D eigenvalue weighted by molar-refractivity contribution is -0.144. The molecule has 6 heteroatoms. The zero-order chi connectivity index (χ0) is 15.2. The second-order valence-corrected chi connectivity index (χ2v) is 5.17. The third kappa shape index (κ3) is 5.41. The second-order valence-electron chi connectivity index (χ2n) is 5.17. The number of amides is 1. The molecule has 21 heavy (non-hydrogen) atoms. The summed E-state index contributed by atoms with van der Waals surface area (Å²) in [4.78, 5) is 24.1. The van der Waals surface area contributed by atoms with Crippen molar-refractivity contribution in [2.45, 2.75) is 19.3 Å². The van der Waals surface area contributed by atoms with Crippen LogP contribution in [-0.4, -0.2) is 41.6 Å². The average Bonchev–Trinajstić information content (AvgIpc) is 3.21. The highest BCUT2D eigenvalue weighted by molar-refractivity contribution is 5.81. The van der Waals surface area contributed by atoms with Gasteiger partial charge in [0.15, 0.2) is 0 Å². The van der Waals surface area contributed by atoms with Crippen LogP contribution in [0.1, 0.15) is 19.3 Å². The van der Waals surface area contributed by atoms with Crippen LogP contribution in [-0.2, 0) is 9.59 Å². The van der Waals surface area contributed by atoms with Crippen molar-refractivity contribution in [1.29, 1.82) is 0 Å². The fourth-order valence-electron chi connectivity index (χ4n) is 2.00. The molecule has 1 fully saturated rings. The molecule has 0 heterocycles. The first-order valence-corrected chi connectivity index (χ1v) is 6.92. The van der Waals surface area contributed by atoms with E-state index in [1.54, 1.807) is 6.07 Å². The van der Waals surface area contributed by atoms with Gasteiger partial charge in [-0.1, -0.05) is 6.07 Å². The molecule has 0 atom stereocenters. The van der Waals surface area contributed by atoms with Crippen LogP contribution in [0.5, 0.6) is 5.75 Å². The van der Waals surface area contributed by atoms with Crippen LogP contribution in [0.25, 0.3) is 0 Å². The summed E-state index contributed by atoms with van der Waals surface area (Å²) in [7, 11) is 0. The number of rotatable bonds is 8. The lowest BCUT2D eigenvalue weighted by atomic mass is 10.3. The highest BCUT2D eigenvalue weighted by Crippen LogP contribution is 2.29. The maximum Gasteiger partial charge on any atom is 0.323 e. The number of halogens is 1. The van der Waals surface area contributed by atoms with Gasteiger partial charge in [0.25, 0.3) is 0 Å². The number of carboxylic acids is 1. The molecule has 1 saturated carbocycles. The Kier molecular flexibility index (Phi) is 5.14. The first-order valence-electron chi connectivity index (χ1n) is 6.92. The summed E-state index contributed by atoms with van der Waals surface area (Å²) in [5, 5.41) is 8.83. The minimum atomic E-state index is -1.02. The highest BCUT2D eigenvalue weighted by Gasteiger charge is 2.27. The first-order chi connectivity index (χ1) is 10.0. The van der Waals surface area contributed by atoms with Crippen molar-refractivity contribution in [1.82, 2.24) is 4.90 Å². The fourth-order valence-corrected chi connectivity index (χ4v) is 2.00.